The van der Waals surface area contributed by atoms with Gasteiger partial charge in [-0.3, -0.25) is 4.90 Å². The molecule has 0 fully saturated rings. The third-order valence-electron chi connectivity index (χ3n) is 2.13. The molecule has 0 aliphatic carbocycles. The lowest BCUT2D eigenvalue weighted by Gasteiger charge is -2.27. The molecule has 4 nitrogen and oxygen atoms in total. The van der Waals surface area contributed by atoms with Crippen molar-refractivity contribution in [3.63, 3.8) is 0 Å². The Hall–Kier alpha value is -0.630. The lowest BCUT2D eigenvalue weighted by Crippen LogP contribution is -2.41. The van der Waals surface area contributed by atoms with Crippen LogP contribution in [0.1, 0.15) is 20.3 Å². The predicted molar refractivity (Wildman–Crippen MR) is 56.9 cm³/mol. The second kappa shape index (κ2) is 7.74. The van der Waals surface area contributed by atoms with Crippen molar-refractivity contribution in [3.8, 4) is 6.07 Å². The highest BCUT2D eigenvalue weighted by Crippen LogP contribution is 2.01. The topological polar surface area (TPSA) is 59.3 Å². The molecule has 0 spiro atoms. The van der Waals surface area contributed by atoms with Crippen molar-refractivity contribution in [1.82, 2.24) is 10.2 Å². The molecule has 0 saturated carbocycles. The molecule has 0 heterocycles. The lowest BCUT2D eigenvalue weighted by molar-refractivity contribution is 0.0974. The first-order valence-electron chi connectivity index (χ1n) is 5.05. The molecule has 0 saturated heterocycles. The van der Waals surface area contributed by atoms with Crippen LogP contribution in [0, 0.1) is 11.3 Å². The van der Waals surface area contributed by atoms with Gasteiger partial charge in [-0.05, 0) is 20.9 Å². The van der Waals surface area contributed by atoms with Crippen molar-refractivity contribution >= 4 is 0 Å². The Morgan fingerprint density at radius 2 is 2.14 bits per heavy atom. The molecule has 82 valence electrons. The van der Waals surface area contributed by atoms with Crippen LogP contribution < -0.4 is 5.32 Å². The van der Waals surface area contributed by atoms with E-state index < -0.39 is 0 Å². The van der Waals surface area contributed by atoms with Crippen molar-refractivity contribution in [2.24, 2.45) is 0 Å². The van der Waals surface area contributed by atoms with Gasteiger partial charge in [-0.1, -0.05) is 0 Å². The van der Waals surface area contributed by atoms with Crippen molar-refractivity contribution in [2.75, 3.05) is 26.7 Å². The van der Waals surface area contributed by atoms with Crippen LogP contribution in [0.5, 0.6) is 0 Å². The first-order valence-corrected chi connectivity index (χ1v) is 5.05. The van der Waals surface area contributed by atoms with Crippen molar-refractivity contribution in [2.45, 2.75) is 32.4 Å². The predicted octanol–water partition coefficient (Wildman–Crippen LogP) is 0.191. The van der Waals surface area contributed by atoms with Crippen LogP contribution in [0.15, 0.2) is 0 Å². The van der Waals surface area contributed by atoms with E-state index in [1.807, 2.05) is 7.05 Å². The fourth-order valence-electron chi connectivity index (χ4n) is 1.32. The van der Waals surface area contributed by atoms with E-state index in [4.69, 9.17) is 5.26 Å². The molecule has 0 aliphatic rings. The van der Waals surface area contributed by atoms with E-state index >= 15 is 0 Å². The molecular formula is C10H21N3O. The minimum absolute atomic E-state index is 0.360. The highest BCUT2D eigenvalue weighted by atomic mass is 16.3. The van der Waals surface area contributed by atoms with E-state index in [-0.39, 0.29) is 6.10 Å². The second-order valence-electron chi connectivity index (χ2n) is 3.71. The van der Waals surface area contributed by atoms with Crippen LogP contribution in [0.3, 0.4) is 0 Å². The zero-order valence-electron chi connectivity index (χ0n) is 9.32. The van der Waals surface area contributed by atoms with Gasteiger partial charge >= 0.3 is 0 Å². The maximum absolute atomic E-state index is 9.58. The quantitative estimate of drug-likeness (QED) is 0.614. The average Bonchev–Trinajstić information content (AvgIpc) is 2.12. The van der Waals surface area contributed by atoms with Crippen molar-refractivity contribution < 1.29 is 5.11 Å². The van der Waals surface area contributed by atoms with Crippen LogP contribution >= 0.6 is 0 Å². The first kappa shape index (κ1) is 13.4. The van der Waals surface area contributed by atoms with Crippen LogP contribution in [-0.4, -0.2) is 48.8 Å². The summed E-state index contributed by atoms with van der Waals surface area (Å²) in [5.41, 5.74) is 0. The van der Waals surface area contributed by atoms with Crippen LogP contribution in [-0.2, 0) is 0 Å². The summed E-state index contributed by atoms with van der Waals surface area (Å²) >= 11 is 0. The number of hydrogen-bond acceptors (Lipinski definition) is 4. The van der Waals surface area contributed by atoms with Gasteiger partial charge in [0.15, 0.2) is 0 Å². The minimum atomic E-state index is -0.360. The monoisotopic (exact) mass is 199 g/mol. The third kappa shape index (κ3) is 5.92. The largest absolute Gasteiger partial charge is 0.390 e. The molecule has 0 radical (unpaired) electrons. The molecule has 0 aliphatic heterocycles. The average molecular weight is 199 g/mol. The number of nitriles is 1. The standard InChI is InChI=1S/C10H21N3O/c1-9(2)13(6-4-5-11)8-10(14)7-12-3/h9-10,12,14H,4,6-8H2,1-3H3. The maximum atomic E-state index is 9.58. The molecule has 1 atom stereocenters. The Kier molecular flexibility index (Phi) is 7.40. The fraction of sp³-hybridized carbons (Fsp3) is 0.900. The summed E-state index contributed by atoms with van der Waals surface area (Å²) in [6.45, 7) is 6.10. The van der Waals surface area contributed by atoms with Crippen LogP contribution in [0.2, 0.25) is 0 Å². The highest BCUT2D eigenvalue weighted by Gasteiger charge is 2.13. The molecule has 0 amide bonds. The van der Waals surface area contributed by atoms with Gasteiger partial charge in [0, 0.05) is 32.1 Å². The SMILES string of the molecule is CNCC(O)CN(CCC#N)C(C)C. The molecule has 4 heteroatoms. The number of aliphatic hydroxyl groups is 1. The number of nitrogens with one attached hydrogen (secondary N) is 1. The number of aliphatic hydroxyl groups excluding tert-OH is 1. The van der Waals surface area contributed by atoms with Crippen LogP contribution in [0.25, 0.3) is 0 Å². The van der Waals surface area contributed by atoms with Gasteiger partial charge in [-0.25, -0.2) is 0 Å². The van der Waals surface area contributed by atoms with Crippen molar-refractivity contribution in [3.05, 3.63) is 0 Å². The van der Waals surface area contributed by atoms with Gasteiger partial charge in [0.25, 0.3) is 0 Å². The zero-order chi connectivity index (χ0) is 11.0. The maximum Gasteiger partial charge on any atom is 0.0791 e. The lowest BCUT2D eigenvalue weighted by atomic mass is 10.2. The molecule has 14 heavy (non-hydrogen) atoms. The summed E-state index contributed by atoms with van der Waals surface area (Å²) in [4.78, 5) is 2.12. The molecule has 0 aromatic heterocycles. The molecule has 0 rings (SSSR count). The third-order valence-corrected chi connectivity index (χ3v) is 2.13. The summed E-state index contributed by atoms with van der Waals surface area (Å²) in [5.74, 6) is 0. The van der Waals surface area contributed by atoms with E-state index in [2.05, 4.69) is 30.1 Å². The molecular weight excluding hydrogens is 178 g/mol. The molecule has 0 bridgehead atoms. The Morgan fingerprint density at radius 1 is 1.50 bits per heavy atom. The number of likely N-dealkylation sites (N-methyl/N-ethyl adjacent to an activating group) is 1. The summed E-state index contributed by atoms with van der Waals surface area (Å²) in [6, 6.07) is 2.49. The van der Waals surface area contributed by atoms with Crippen LogP contribution in [0.4, 0.5) is 0 Å². The molecule has 0 aromatic rings. The zero-order valence-corrected chi connectivity index (χ0v) is 9.32. The normalized spacial score (nSPS) is 13.2. The van der Waals surface area contributed by atoms with E-state index in [0.29, 0.717) is 25.6 Å². The van der Waals surface area contributed by atoms with Gasteiger partial charge in [-0.2, -0.15) is 5.26 Å². The number of nitrogens with zero attached hydrogens (tertiary/aromatic N) is 2. The van der Waals surface area contributed by atoms with Gasteiger partial charge in [-0.15, -0.1) is 0 Å². The molecule has 2 N–H and O–H groups in total. The summed E-state index contributed by atoms with van der Waals surface area (Å²) < 4.78 is 0. The summed E-state index contributed by atoms with van der Waals surface area (Å²) in [6.07, 6.45) is 0.158. The van der Waals surface area contributed by atoms with Gasteiger partial charge in [0.1, 0.15) is 0 Å². The Labute approximate surface area is 86.5 Å². The minimum Gasteiger partial charge on any atom is -0.390 e. The molecule has 1 unspecified atom stereocenters. The second-order valence-corrected chi connectivity index (χ2v) is 3.71. The first-order chi connectivity index (χ1) is 6.61. The Morgan fingerprint density at radius 3 is 2.57 bits per heavy atom. The number of hydrogen-bond donors (Lipinski definition) is 2. The number of rotatable bonds is 7. The van der Waals surface area contributed by atoms with Crippen molar-refractivity contribution in [1.29, 1.82) is 5.26 Å². The van der Waals surface area contributed by atoms with E-state index in [9.17, 15) is 5.11 Å². The highest BCUT2D eigenvalue weighted by molar-refractivity contribution is 4.76. The summed E-state index contributed by atoms with van der Waals surface area (Å²) in [5, 5.41) is 21.0. The van der Waals surface area contributed by atoms with Gasteiger partial charge < -0.3 is 10.4 Å². The van der Waals surface area contributed by atoms with E-state index in [0.717, 1.165) is 6.54 Å². The molecule has 0 aromatic carbocycles. The Bertz CT molecular complexity index is 177. The van der Waals surface area contributed by atoms with E-state index in [1.165, 1.54) is 0 Å². The van der Waals surface area contributed by atoms with Gasteiger partial charge in [0.2, 0.25) is 0 Å². The fourth-order valence-corrected chi connectivity index (χ4v) is 1.32. The summed E-state index contributed by atoms with van der Waals surface area (Å²) in [7, 11) is 1.82. The smallest absolute Gasteiger partial charge is 0.0791 e. The van der Waals surface area contributed by atoms with E-state index in [1.54, 1.807) is 0 Å². The van der Waals surface area contributed by atoms with Gasteiger partial charge in [0.05, 0.1) is 12.2 Å². The Balaban J connectivity index is 3.90.